The first-order valence-electron chi connectivity index (χ1n) is 12.9. The SMILES string of the molecule is COC(=O)[C@@H](C)[C@H](c1ccc2c(c1)OC(c1ccc(-c3cc(OC)ncc3C#N)c(C=O)c1)CC2)C1CC1. The number of benzene rings is 2. The molecule has 0 N–H and O–H groups in total. The Bertz CT molecular complexity index is 1420. The molecular weight excluding hydrogens is 480 g/mol. The van der Waals surface area contributed by atoms with E-state index in [0.717, 1.165) is 54.4 Å². The van der Waals surface area contributed by atoms with Crippen LogP contribution in [0.2, 0.25) is 0 Å². The molecule has 1 unspecified atom stereocenters. The summed E-state index contributed by atoms with van der Waals surface area (Å²) in [6.45, 7) is 1.94. The van der Waals surface area contributed by atoms with Crippen molar-refractivity contribution in [3.63, 3.8) is 0 Å². The number of nitrogens with zero attached hydrogens (tertiary/aromatic N) is 2. The van der Waals surface area contributed by atoms with Gasteiger partial charge in [0.25, 0.3) is 0 Å². The van der Waals surface area contributed by atoms with Crippen molar-refractivity contribution in [2.75, 3.05) is 14.2 Å². The van der Waals surface area contributed by atoms with Gasteiger partial charge in [0.2, 0.25) is 5.88 Å². The number of hydrogen-bond donors (Lipinski definition) is 0. The smallest absolute Gasteiger partial charge is 0.309 e. The minimum atomic E-state index is -0.224. The number of carbonyl (C=O) groups is 2. The van der Waals surface area contributed by atoms with Crippen molar-refractivity contribution < 1.29 is 23.8 Å². The van der Waals surface area contributed by atoms with Gasteiger partial charge in [-0.05, 0) is 71.9 Å². The van der Waals surface area contributed by atoms with Gasteiger partial charge in [0, 0.05) is 23.4 Å². The number of esters is 1. The number of hydrogen-bond acceptors (Lipinski definition) is 7. The molecule has 1 fully saturated rings. The lowest BCUT2D eigenvalue weighted by atomic mass is 9.82. The largest absolute Gasteiger partial charge is 0.485 e. The molecule has 0 radical (unpaired) electrons. The van der Waals surface area contributed by atoms with E-state index >= 15 is 0 Å². The van der Waals surface area contributed by atoms with Gasteiger partial charge in [-0.15, -0.1) is 0 Å². The molecule has 7 heteroatoms. The fraction of sp³-hybridized carbons (Fsp3) is 0.355. The number of aromatic nitrogens is 1. The highest BCUT2D eigenvalue weighted by Gasteiger charge is 2.39. The van der Waals surface area contributed by atoms with Crippen molar-refractivity contribution >= 4 is 12.3 Å². The third-order valence-electron chi connectivity index (χ3n) is 7.74. The summed E-state index contributed by atoms with van der Waals surface area (Å²) in [5.41, 5.74) is 5.21. The summed E-state index contributed by atoms with van der Waals surface area (Å²) >= 11 is 0. The molecule has 1 aromatic heterocycles. The Morgan fingerprint density at radius 3 is 2.63 bits per heavy atom. The van der Waals surface area contributed by atoms with Crippen molar-refractivity contribution in [2.45, 2.75) is 44.6 Å². The Morgan fingerprint density at radius 1 is 1.13 bits per heavy atom. The number of methoxy groups -OCH3 is 2. The zero-order chi connectivity index (χ0) is 26.8. The number of nitriles is 1. The van der Waals surface area contributed by atoms with Crippen molar-refractivity contribution in [1.82, 2.24) is 4.98 Å². The Balaban J connectivity index is 1.44. The van der Waals surface area contributed by atoms with Crippen LogP contribution in [0.5, 0.6) is 11.6 Å². The van der Waals surface area contributed by atoms with E-state index in [0.29, 0.717) is 34.1 Å². The van der Waals surface area contributed by atoms with E-state index in [4.69, 9.17) is 14.2 Å². The van der Waals surface area contributed by atoms with Crippen LogP contribution in [0.1, 0.15) is 70.8 Å². The van der Waals surface area contributed by atoms with Gasteiger partial charge in [-0.1, -0.05) is 31.2 Å². The second-order valence-electron chi connectivity index (χ2n) is 10.0. The molecule has 2 aromatic carbocycles. The molecule has 0 bridgehead atoms. The van der Waals surface area contributed by atoms with Crippen LogP contribution in [-0.4, -0.2) is 31.5 Å². The van der Waals surface area contributed by atoms with Crippen LogP contribution in [0.15, 0.2) is 48.7 Å². The molecule has 2 aliphatic rings. The van der Waals surface area contributed by atoms with Crippen molar-refractivity contribution in [2.24, 2.45) is 11.8 Å². The Kier molecular flexibility index (Phi) is 7.15. The summed E-state index contributed by atoms with van der Waals surface area (Å²) in [6, 6.07) is 15.8. The topological polar surface area (TPSA) is 98.5 Å². The molecule has 1 saturated carbocycles. The molecule has 194 valence electrons. The van der Waals surface area contributed by atoms with Gasteiger partial charge in [0.05, 0.1) is 25.7 Å². The number of carbonyl (C=O) groups excluding carboxylic acids is 2. The maximum atomic E-state index is 12.3. The van der Waals surface area contributed by atoms with Gasteiger partial charge in [0.15, 0.2) is 6.29 Å². The Labute approximate surface area is 222 Å². The van der Waals surface area contributed by atoms with Crippen LogP contribution in [0.3, 0.4) is 0 Å². The van der Waals surface area contributed by atoms with E-state index in [-0.39, 0.29) is 23.9 Å². The molecule has 3 aromatic rings. The number of rotatable bonds is 8. The fourth-order valence-corrected chi connectivity index (χ4v) is 5.57. The third-order valence-corrected chi connectivity index (χ3v) is 7.74. The van der Waals surface area contributed by atoms with Gasteiger partial charge in [-0.25, -0.2) is 4.98 Å². The van der Waals surface area contributed by atoms with Gasteiger partial charge in [-0.2, -0.15) is 5.26 Å². The summed E-state index contributed by atoms with van der Waals surface area (Å²) in [5, 5.41) is 9.57. The highest BCUT2D eigenvalue weighted by Crippen LogP contribution is 2.48. The van der Waals surface area contributed by atoms with E-state index in [9.17, 15) is 14.9 Å². The Hall–Kier alpha value is -4.18. The van der Waals surface area contributed by atoms with E-state index in [1.807, 2.05) is 25.1 Å². The van der Waals surface area contributed by atoms with Crippen molar-refractivity contribution in [1.29, 1.82) is 5.26 Å². The quantitative estimate of drug-likeness (QED) is 0.278. The van der Waals surface area contributed by atoms with Gasteiger partial charge >= 0.3 is 5.97 Å². The maximum Gasteiger partial charge on any atom is 0.309 e. The average molecular weight is 511 g/mol. The molecule has 0 amide bonds. The summed E-state index contributed by atoms with van der Waals surface area (Å²) in [7, 11) is 2.95. The van der Waals surface area contributed by atoms with Crippen LogP contribution in [-0.2, 0) is 16.0 Å². The first-order valence-corrected chi connectivity index (χ1v) is 12.9. The lowest BCUT2D eigenvalue weighted by Gasteiger charge is -2.29. The standard InChI is InChI=1S/C31H30N2O5/c1-18(31(35)37-3)30(20-5-6-20)22-7-4-19-9-11-27(38-28(19)13-22)21-8-10-25(23(12-21)17-34)26-14-29(36-2)33-16-24(26)15-32/h4,7-8,10,12-14,16-18,20,27,30H,5-6,9,11H2,1-3H3/t18-,27?,30-/m0/s1. The monoisotopic (exact) mass is 510 g/mol. The van der Waals surface area contributed by atoms with E-state index in [1.165, 1.54) is 20.4 Å². The van der Waals surface area contributed by atoms with Crippen LogP contribution in [0.4, 0.5) is 0 Å². The summed E-state index contributed by atoms with van der Waals surface area (Å²) in [4.78, 5) is 28.6. The number of aryl methyl sites for hydroxylation is 1. The zero-order valence-electron chi connectivity index (χ0n) is 21.8. The van der Waals surface area contributed by atoms with Gasteiger partial charge < -0.3 is 14.2 Å². The lowest BCUT2D eigenvalue weighted by Crippen LogP contribution is -2.23. The fourth-order valence-electron chi connectivity index (χ4n) is 5.57. The second-order valence-corrected chi connectivity index (χ2v) is 10.0. The number of aldehydes is 1. The lowest BCUT2D eigenvalue weighted by molar-refractivity contribution is -0.145. The molecule has 3 atom stereocenters. The predicted octanol–water partition coefficient (Wildman–Crippen LogP) is 5.81. The van der Waals surface area contributed by atoms with Crippen molar-refractivity contribution in [3.05, 3.63) is 76.5 Å². The molecule has 1 aliphatic heterocycles. The summed E-state index contributed by atoms with van der Waals surface area (Å²) < 4.78 is 16.8. The highest BCUT2D eigenvalue weighted by atomic mass is 16.5. The molecule has 0 spiro atoms. The second kappa shape index (κ2) is 10.7. The molecule has 38 heavy (non-hydrogen) atoms. The van der Waals surface area contributed by atoms with Crippen molar-refractivity contribution in [3.8, 4) is 28.8 Å². The highest BCUT2D eigenvalue weighted by molar-refractivity contribution is 5.89. The first kappa shape index (κ1) is 25.5. The third kappa shape index (κ3) is 4.87. The van der Waals surface area contributed by atoms with Crippen LogP contribution < -0.4 is 9.47 Å². The van der Waals surface area contributed by atoms with Crippen LogP contribution >= 0.6 is 0 Å². The van der Waals surface area contributed by atoms with E-state index < -0.39 is 0 Å². The normalized spacial score (nSPS) is 17.8. The summed E-state index contributed by atoms with van der Waals surface area (Å²) in [5.74, 6) is 1.36. The molecule has 5 rings (SSSR count). The maximum absolute atomic E-state index is 12.3. The molecule has 1 aliphatic carbocycles. The molecular formula is C31H30N2O5. The van der Waals surface area contributed by atoms with E-state index in [2.05, 4.69) is 29.3 Å². The minimum Gasteiger partial charge on any atom is -0.485 e. The van der Waals surface area contributed by atoms with E-state index in [1.54, 1.807) is 6.07 Å². The Morgan fingerprint density at radius 2 is 1.95 bits per heavy atom. The number of pyridine rings is 1. The molecule has 0 saturated heterocycles. The number of ether oxygens (including phenoxy) is 3. The van der Waals surface area contributed by atoms with Crippen LogP contribution in [0, 0.1) is 23.2 Å². The molecule has 7 nitrogen and oxygen atoms in total. The number of fused-ring (bicyclic) bond motifs is 1. The zero-order valence-corrected chi connectivity index (χ0v) is 21.8. The molecule has 2 heterocycles. The average Bonchev–Trinajstić information content (AvgIpc) is 3.80. The van der Waals surface area contributed by atoms with Gasteiger partial charge in [0.1, 0.15) is 17.9 Å². The predicted molar refractivity (Wildman–Crippen MR) is 141 cm³/mol. The first-order chi connectivity index (χ1) is 18.5. The van der Waals surface area contributed by atoms with Crippen LogP contribution in [0.25, 0.3) is 11.1 Å². The van der Waals surface area contributed by atoms with Gasteiger partial charge in [-0.3, -0.25) is 9.59 Å². The summed E-state index contributed by atoms with van der Waals surface area (Å²) in [6.07, 6.45) is 5.89. The minimum absolute atomic E-state index is 0.101.